The summed E-state index contributed by atoms with van der Waals surface area (Å²) in [6, 6.07) is 13.7. The summed E-state index contributed by atoms with van der Waals surface area (Å²) in [5, 5.41) is 7.40. The van der Waals surface area contributed by atoms with Crippen LogP contribution in [-0.4, -0.2) is 43.8 Å². The number of amides is 2. The molecule has 2 N–H and O–H groups in total. The highest BCUT2D eigenvalue weighted by Crippen LogP contribution is 2.40. The molecule has 0 saturated carbocycles. The molecule has 4 rings (SSSR count). The van der Waals surface area contributed by atoms with Crippen LogP contribution >= 0.6 is 11.3 Å². The SMILES string of the molecule is CCOC(=O)c1c(NC(=O)c2ccc(O[C@@H](C)C(=O)N/N=C\c3cccc(OC)c3)cc2)sc2c1CC[C@@H](C)C2. The number of esters is 1. The van der Waals surface area contributed by atoms with Gasteiger partial charge in [-0.15, -0.1) is 11.3 Å². The van der Waals surface area contributed by atoms with Gasteiger partial charge < -0.3 is 19.5 Å². The number of fused-ring (bicyclic) bond motifs is 1. The number of thiophene rings is 1. The summed E-state index contributed by atoms with van der Waals surface area (Å²) in [6.07, 6.45) is 3.36. The first-order valence-corrected chi connectivity index (χ1v) is 14.0. The van der Waals surface area contributed by atoms with E-state index >= 15 is 0 Å². The van der Waals surface area contributed by atoms with Crippen molar-refractivity contribution in [3.63, 3.8) is 0 Å². The van der Waals surface area contributed by atoms with Gasteiger partial charge in [0.05, 0.1) is 25.5 Å². The van der Waals surface area contributed by atoms with E-state index in [0.29, 0.717) is 33.5 Å². The van der Waals surface area contributed by atoms with E-state index in [0.717, 1.165) is 35.3 Å². The summed E-state index contributed by atoms with van der Waals surface area (Å²) >= 11 is 1.44. The lowest BCUT2D eigenvalue weighted by molar-refractivity contribution is -0.127. The lowest BCUT2D eigenvalue weighted by Crippen LogP contribution is -2.33. The lowest BCUT2D eigenvalue weighted by atomic mass is 9.88. The van der Waals surface area contributed by atoms with Crippen LogP contribution in [0.15, 0.2) is 53.6 Å². The zero-order valence-corrected chi connectivity index (χ0v) is 23.8. The van der Waals surface area contributed by atoms with Crippen LogP contribution < -0.4 is 20.2 Å². The van der Waals surface area contributed by atoms with E-state index in [-0.39, 0.29) is 12.5 Å². The molecule has 0 unspecified atom stereocenters. The van der Waals surface area contributed by atoms with Gasteiger partial charge in [0.2, 0.25) is 0 Å². The summed E-state index contributed by atoms with van der Waals surface area (Å²) in [4.78, 5) is 39.3. The molecule has 0 spiro atoms. The van der Waals surface area contributed by atoms with Crippen LogP contribution in [-0.2, 0) is 22.4 Å². The summed E-state index contributed by atoms with van der Waals surface area (Å²) < 4.78 is 16.2. The number of hydrazone groups is 1. The molecule has 1 aliphatic rings. The fraction of sp³-hybridized carbons (Fsp3) is 0.333. The van der Waals surface area contributed by atoms with Crippen molar-refractivity contribution in [2.24, 2.45) is 11.0 Å². The van der Waals surface area contributed by atoms with Gasteiger partial charge in [-0.05, 0) is 86.6 Å². The van der Waals surface area contributed by atoms with E-state index in [4.69, 9.17) is 14.2 Å². The largest absolute Gasteiger partial charge is 0.497 e. The van der Waals surface area contributed by atoms with Gasteiger partial charge in [0.25, 0.3) is 11.8 Å². The Kier molecular flexibility index (Phi) is 9.55. The molecule has 2 aromatic carbocycles. The van der Waals surface area contributed by atoms with Gasteiger partial charge in [-0.25, -0.2) is 10.2 Å². The first-order valence-electron chi connectivity index (χ1n) is 13.2. The van der Waals surface area contributed by atoms with Crippen LogP contribution in [0.3, 0.4) is 0 Å². The van der Waals surface area contributed by atoms with Crippen molar-refractivity contribution in [2.75, 3.05) is 19.0 Å². The van der Waals surface area contributed by atoms with Gasteiger partial charge in [0.1, 0.15) is 16.5 Å². The van der Waals surface area contributed by atoms with E-state index < -0.39 is 18.0 Å². The van der Waals surface area contributed by atoms with Gasteiger partial charge in [0, 0.05) is 10.4 Å². The third-order valence-electron chi connectivity index (χ3n) is 6.50. The Morgan fingerprint density at radius 1 is 1.15 bits per heavy atom. The van der Waals surface area contributed by atoms with Gasteiger partial charge in [-0.1, -0.05) is 19.1 Å². The van der Waals surface area contributed by atoms with Crippen LogP contribution in [0.25, 0.3) is 0 Å². The van der Waals surface area contributed by atoms with Crippen molar-refractivity contribution in [1.82, 2.24) is 5.43 Å². The Balaban J connectivity index is 1.37. The number of carbonyl (C=O) groups excluding carboxylic acids is 3. The summed E-state index contributed by atoms with van der Waals surface area (Å²) in [5.41, 5.74) is 5.07. The molecule has 0 radical (unpaired) electrons. The van der Waals surface area contributed by atoms with E-state index in [2.05, 4.69) is 22.8 Å². The second-order valence-corrected chi connectivity index (χ2v) is 10.6. The zero-order valence-electron chi connectivity index (χ0n) is 23.0. The van der Waals surface area contributed by atoms with E-state index in [9.17, 15) is 14.4 Å². The van der Waals surface area contributed by atoms with Crippen LogP contribution in [0.1, 0.15) is 63.9 Å². The predicted octanol–water partition coefficient (Wildman–Crippen LogP) is 5.23. The summed E-state index contributed by atoms with van der Waals surface area (Å²) in [6.45, 7) is 5.82. The monoisotopic (exact) mass is 563 g/mol. The fourth-order valence-corrected chi connectivity index (χ4v) is 5.75. The number of nitrogens with zero attached hydrogens (tertiary/aromatic N) is 1. The molecule has 0 fully saturated rings. The normalized spacial score (nSPS) is 15.2. The lowest BCUT2D eigenvalue weighted by Gasteiger charge is -2.18. The van der Waals surface area contributed by atoms with Crippen molar-refractivity contribution in [2.45, 2.75) is 46.1 Å². The minimum absolute atomic E-state index is 0.264. The molecule has 0 bridgehead atoms. The minimum atomic E-state index is -0.825. The number of nitrogens with one attached hydrogen (secondary N) is 2. The van der Waals surface area contributed by atoms with E-state index in [1.807, 2.05) is 18.2 Å². The topological polar surface area (TPSA) is 115 Å². The van der Waals surface area contributed by atoms with Crippen molar-refractivity contribution in [3.05, 3.63) is 75.7 Å². The van der Waals surface area contributed by atoms with Gasteiger partial charge >= 0.3 is 5.97 Å². The number of hydrogen-bond donors (Lipinski definition) is 2. The number of carbonyl (C=O) groups is 3. The number of benzene rings is 2. The molecular weight excluding hydrogens is 530 g/mol. The maximum Gasteiger partial charge on any atom is 0.341 e. The van der Waals surface area contributed by atoms with E-state index in [1.54, 1.807) is 51.3 Å². The molecule has 1 aromatic heterocycles. The molecule has 0 saturated heterocycles. The average molecular weight is 564 g/mol. The molecule has 0 aliphatic heterocycles. The molecular formula is C30H33N3O6S. The highest BCUT2D eigenvalue weighted by molar-refractivity contribution is 7.17. The van der Waals surface area contributed by atoms with Crippen molar-refractivity contribution >= 4 is 40.3 Å². The standard InChI is InChI=1S/C30H33N3O6S/c1-5-38-30(36)26-24-14-9-18(2)15-25(24)40-29(26)32-28(35)21-10-12-22(13-11-21)39-19(3)27(34)33-31-17-20-7-6-8-23(16-20)37-4/h6-8,10-13,16-19H,5,9,14-15H2,1-4H3,(H,32,35)(H,33,34)/b31-17-/t18-,19+/m1/s1. The number of ether oxygens (including phenoxy) is 3. The third kappa shape index (κ3) is 7.06. The molecule has 10 heteroatoms. The first kappa shape index (κ1) is 28.8. The molecule has 9 nitrogen and oxygen atoms in total. The van der Waals surface area contributed by atoms with Crippen molar-refractivity contribution in [1.29, 1.82) is 0 Å². The van der Waals surface area contributed by atoms with E-state index in [1.165, 1.54) is 17.6 Å². The highest BCUT2D eigenvalue weighted by atomic mass is 32.1. The van der Waals surface area contributed by atoms with Crippen LogP contribution in [0.2, 0.25) is 0 Å². The fourth-order valence-electron chi connectivity index (χ4n) is 4.36. The first-order chi connectivity index (χ1) is 19.3. The third-order valence-corrected chi connectivity index (χ3v) is 7.67. The van der Waals surface area contributed by atoms with Gasteiger partial charge in [-0.2, -0.15) is 5.10 Å². The van der Waals surface area contributed by atoms with Crippen LogP contribution in [0.5, 0.6) is 11.5 Å². The Morgan fingerprint density at radius 2 is 1.93 bits per heavy atom. The maximum absolute atomic E-state index is 13.1. The van der Waals surface area contributed by atoms with Gasteiger partial charge in [0.15, 0.2) is 6.10 Å². The molecule has 1 aliphatic carbocycles. The van der Waals surface area contributed by atoms with Gasteiger partial charge in [-0.3, -0.25) is 9.59 Å². The number of rotatable bonds is 10. The second kappa shape index (κ2) is 13.3. The summed E-state index contributed by atoms with van der Waals surface area (Å²) in [7, 11) is 1.58. The second-order valence-electron chi connectivity index (χ2n) is 9.53. The predicted molar refractivity (Wildman–Crippen MR) is 155 cm³/mol. The Bertz CT molecular complexity index is 1400. The molecule has 3 aromatic rings. The Morgan fingerprint density at radius 3 is 2.65 bits per heavy atom. The Labute approximate surface area is 237 Å². The van der Waals surface area contributed by atoms with Crippen molar-refractivity contribution < 1.29 is 28.6 Å². The molecule has 2 atom stereocenters. The highest BCUT2D eigenvalue weighted by Gasteiger charge is 2.29. The average Bonchev–Trinajstić information content (AvgIpc) is 3.30. The molecule has 1 heterocycles. The minimum Gasteiger partial charge on any atom is -0.497 e. The molecule has 210 valence electrons. The smallest absolute Gasteiger partial charge is 0.341 e. The molecule has 40 heavy (non-hydrogen) atoms. The summed E-state index contributed by atoms with van der Waals surface area (Å²) in [5.74, 6) is 0.455. The zero-order chi connectivity index (χ0) is 28.6. The van der Waals surface area contributed by atoms with Crippen LogP contribution in [0.4, 0.5) is 5.00 Å². The quantitative estimate of drug-likeness (QED) is 0.198. The number of methoxy groups -OCH3 is 1. The maximum atomic E-state index is 13.1. The Hall–Kier alpha value is -4.18. The number of hydrogen-bond acceptors (Lipinski definition) is 8. The number of anilines is 1. The molecule has 2 amide bonds. The van der Waals surface area contributed by atoms with Crippen LogP contribution in [0, 0.1) is 5.92 Å². The van der Waals surface area contributed by atoms with Crippen molar-refractivity contribution in [3.8, 4) is 11.5 Å².